The highest BCUT2D eigenvalue weighted by Gasteiger charge is 2.39. The van der Waals surface area contributed by atoms with Crippen molar-refractivity contribution in [2.24, 2.45) is 5.41 Å². The molecule has 2 saturated heterocycles. The lowest BCUT2D eigenvalue weighted by Gasteiger charge is -2.38. The van der Waals surface area contributed by atoms with E-state index in [9.17, 15) is 4.79 Å². The van der Waals surface area contributed by atoms with Crippen molar-refractivity contribution in [2.75, 3.05) is 33.2 Å². The van der Waals surface area contributed by atoms with E-state index in [0.717, 1.165) is 19.5 Å². The van der Waals surface area contributed by atoms with Crippen molar-refractivity contribution in [1.82, 2.24) is 9.80 Å². The van der Waals surface area contributed by atoms with Crippen LogP contribution >= 0.6 is 0 Å². The number of amides is 1. The van der Waals surface area contributed by atoms with Gasteiger partial charge in [-0.1, -0.05) is 13.8 Å². The maximum absolute atomic E-state index is 10.6. The summed E-state index contributed by atoms with van der Waals surface area (Å²) in [5.41, 5.74) is 0.438. The SMILES string of the molecule is CC.CN1CCCC2(CCN(C=O)C2)C1. The average molecular weight is 212 g/mol. The van der Waals surface area contributed by atoms with E-state index in [2.05, 4.69) is 11.9 Å². The van der Waals surface area contributed by atoms with Crippen molar-refractivity contribution in [1.29, 1.82) is 0 Å². The van der Waals surface area contributed by atoms with Gasteiger partial charge in [0.05, 0.1) is 0 Å². The topological polar surface area (TPSA) is 23.6 Å². The van der Waals surface area contributed by atoms with Crippen molar-refractivity contribution < 1.29 is 4.79 Å². The van der Waals surface area contributed by atoms with Gasteiger partial charge in [0.25, 0.3) is 0 Å². The Bertz CT molecular complexity index is 208. The standard InChI is InChI=1S/C10H18N2O.C2H6/c1-11-5-2-3-10(7-11)4-6-12(8-10)9-13;1-2/h9H,2-8H2,1H3;1-2H3. The Balaban J connectivity index is 0.000000531. The fraction of sp³-hybridized carbons (Fsp3) is 0.917. The number of carbonyl (C=O) groups excluding carboxylic acids is 1. The first-order valence-electron chi connectivity index (χ1n) is 6.12. The predicted molar refractivity (Wildman–Crippen MR) is 62.8 cm³/mol. The molecule has 0 aliphatic carbocycles. The number of rotatable bonds is 1. The van der Waals surface area contributed by atoms with Gasteiger partial charge in [-0.3, -0.25) is 4.79 Å². The predicted octanol–water partition coefficient (Wildman–Crippen LogP) is 1.59. The molecular weight excluding hydrogens is 188 g/mol. The second-order valence-corrected chi connectivity index (χ2v) is 4.67. The zero-order chi connectivity index (χ0) is 11.3. The van der Waals surface area contributed by atoms with Crippen LogP contribution in [0.3, 0.4) is 0 Å². The molecule has 2 aliphatic rings. The van der Waals surface area contributed by atoms with Crippen LogP contribution in [0.4, 0.5) is 0 Å². The van der Waals surface area contributed by atoms with Crippen molar-refractivity contribution in [3.05, 3.63) is 0 Å². The highest BCUT2D eigenvalue weighted by molar-refractivity contribution is 5.47. The van der Waals surface area contributed by atoms with Crippen LogP contribution in [0.1, 0.15) is 33.1 Å². The quantitative estimate of drug-likeness (QED) is 0.616. The maximum atomic E-state index is 10.6. The van der Waals surface area contributed by atoms with E-state index in [-0.39, 0.29) is 0 Å². The molecule has 0 saturated carbocycles. The van der Waals surface area contributed by atoms with Crippen molar-refractivity contribution in [3.8, 4) is 0 Å². The molecule has 3 heteroatoms. The number of carbonyl (C=O) groups is 1. The molecule has 15 heavy (non-hydrogen) atoms. The second kappa shape index (κ2) is 5.50. The molecule has 0 bridgehead atoms. The van der Waals surface area contributed by atoms with E-state index in [0.29, 0.717) is 5.41 Å². The number of likely N-dealkylation sites (tertiary alicyclic amines) is 2. The fourth-order valence-corrected chi connectivity index (χ4v) is 2.85. The largest absolute Gasteiger partial charge is 0.345 e. The van der Waals surface area contributed by atoms with Gasteiger partial charge in [-0.15, -0.1) is 0 Å². The normalized spacial score (nSPS) is 31.3. The molecule has 1 amide bonds. The maximum Gasteiger partial charge on any atom is 0.209 e. The van der Waals surface area contributed by atoms with E-state index in [1.54, 1.807) is 0 Å². The average Bonchev–Trinajstić information content (AvgIpc) is 2.64. The molecule has 2 heterocycles. The van der Waals surface area contributed by atoms with E-state index in [4.69, 9.17) is 0 Å². The molecule has 1 spiro atoms. The molecule has 2 aliphatic heterocycles. The fourth-order valence-electron chi connectivity index (χ4n) is 2.85. The molecule has 3 nitrogen and oxygen atoms in total. The van der Waals surface area contributed by atoms with Crippen LogP contribution in [-0.4, -0.2) is 49.4 Å². The Morgan fingerprint density at radius 3 is 2.40 bits per heavy atom. The smallest absolute Gasteiger partial charge is 0.209 e. The minimum Gasteiger partial charge on any atom is -0.345 e. The summed E-state index contributed by atoms with van der Waals surface area (Å²) < 4.78 is 0. The zero-order valence-corrected chi connectivity index (χ0v) is 10.3. The highest BCUT2D eigenvalue weighted by Crippen LogP contribution is 2.37. The van der Waals surface area contributed by atoms with Gasteiger partial charge in [-0.2, -0.15) is 0 Å². The van der Waals surface area contributed by atoms with Crippen molar-refractivity contribution >= 4 is 6.41 Å². The molecule has 0 aromatic heterocycles. The van der Waals surface area contributed by atoms with Crippen LogP contribution in [0, 0.1) is 5.41 Å². The summed E-state index contributed by atoms with van der Waals surface area (Å²) in [5, 5.41) is 0. The molecule has 0 aromatic carbocycles. The number of hydrogen-bond donors (Lipinski definition) is 0. The van der Waals surface area contributed by atoms with Crippen LogP contribution in [0.25, 0.3) is 0 Å². The first-order chi connectivity index (χ1) is 7.24. The summed E-state index contributed by atoms with van der Waals surface area (Å²) >= 11 is 0. The Morgan fingerprint density at radius 1 is 1.13 bits per heavy atom. The Kier molecular flexibility index (Phi) is 4.58. The minimum atomic E-state index is 0.438. The molecule has 0 radical (unpaired) electrons. The lowest BCUT2D eigenvalue weighted by Crippen LogP contribution is -2.42. The van der Waals surface area contributed by atoms with Gasteiger partial charge in [-0.05, 0) is 32.9 Å². The molecule has 2 rings (SSSR count). The number of hydrogen-bond acceptors (Lipinski definition) is 2. The summed E-state index contributed by atoms with van der Waals surface area (Å²) in [6.07, 6.45) is 4.81. The van der Waals surface area contributed by atoms with Gasteiger partial charge >= 0.3 is 0 Å². The molecule has 88 valence electrons. The lowest BCUT2D eigenvalue weighted by atomic mass is 9.79. The van der Waals surface area contributed by atoms with Crippen LogP contribution in [-0.2, 0) is 4.79 Å². The Morgan fingerprint density at radius 2 is 1.87 bits per heavy atom. The van der Waals surface area contributed by atoms with E-state index in [1.165, 1.54) is 32.4 Å². The Hall–Kier alpha value is -0.570. The third kappa shape index (κ3) is 2.94. The molecule has 1 atom stereocenters. The highest BCUT2D eigenvalue weighted by atomic mass is 16.1. The molecule has 1 unspecified atom stereocenters. The Labute approximate surface area is 93.4 Å². The third-order valence-corrected chi connectivity index (χ3v) is 3.47. The second-order valence-electron chi connectivity index (χ2n) is 4.67. The summed E-state index contributed by atoms with van der Waals surface area (Å²) in [6.45, 7) is 8.36. The first kappa shape index (κ1) is 12.5. The van der Waals surface area contributed by atoms with E-state index in [1.807, 2.05) is 18.7 Å². The number of nitrogens with zero attached hydrogens (tertiary/aromatic N) is 2. The summed E-state index contributed by atoms with van der Waals surface area (Å²) in [4.78, 5) is 15.0. The van der Waals surface area contributed by atoms with Gasteiger partial charge < -0.3 is 9.80 Å². The van der Waals surface area contributed by atoms with Gasteiger partial charge in [0.15, 0.2) is 0 Å². The number of piperidine rings is 1. The van der Waals surface area contributed by atoms with E-state index >= 15 is 0 Å². The van der Waals surface area contributed by atoms with E-state index < -0.39 is 0 Å². The first-order valence-corrected chi connectivity index (χ1v) is 6.12. The lowest BCUT2D eigenvalue weighted by molar-refractivity contribution is -0.117. The van der Waals surface area contributed by atoms with Crippen molar-refractivity contribution in [3.63, 3.8) is 0 Å². The summed E-state index contributed by atoms with van der Waals surface area (Å²) in [7, 11) is 2.18. The summed E-state index contributed by atoms with van der Waals surface area (Å²) in [5.74, 6) is 0. The third-order valence-electron chi connectivity index (χ3n) is 3.47. The van der Waals surface area contributed by atoms with Gasteiger partial charge in [0.2, 0.25) is 6.41 Å². The molecule has 0 aromatic rings. The zero-order valence-electron chi connectivity index (χ0n) is 10.3. The summed E-state index contributed by atoms with van der Waals surface area (Å²) in [6, 6.07) is 0. The monoisotopic (exact) mass is 212 g/mol. The van der Waals surface area contributed by atoms with Gasteiger partial charge in [0, 0.05) is 25.0 Å². The molecular formula is C12H24N2O. The van der Waals surface area contributed by atoms with Crippen LogP contribution in [0.5, 0.6) is 0 Å². The van der Waals surface area contributed by atoms with Gasteiger partial charge in [-0.25, -0.2) is 0 Å². The van der Waals surface area contributed by atoms with Crippen LogP contribution < -0.4 is 0 Å². The van der Waals surface area contributed by atoms with Crippen molar-refractivity contribution in [2.45, 2.75) is 33.1 Å². The molecule has 2 fully saturated rings. The van der Waals surface area contributed by atoms with Crippen LogP contribution in [0.15, 0.2) is 0 Å². The minimum absolute atomic E-state index is 0.438. The van der Waals surface area contributed by atoms with Crippen LogP contribution in [0.2, 0.25) is 0 Å². The van der Waals surface area contributed by atoms with Gasteiger partial charge in [0.1, 0.15) is 0 Å². The molecule has 0 N–H and O–H groups in total.